The maximum Gasteiger partial charge on any atom is 0.223 e. The predicted octanol–water partition coefficient (Wildman–Crippen LogP) is 1.64. The molecular weight excluding hydrogens is 274 g/mol. The summed E-state index contributed by atoms with van der Waals surface area (Å²) in [6.45, 7) is 0. The second-order valence-corrected chi connectivity index (χ2v) is 5.20. The van der Waals surface area contributed by atoms with E-state index in [0.717, 1.165) is 12.8 Å². The average molecular weight is 284 g/mol. The Morgan fingerprint density at radius 3 is 3.06 bits per heavy atom. The standard InChI is InChI=1S/C9H10ClN7S/c1-11-8-12-4-6(10)7(13-8)18-9-14-15-16-17(9)5-2-3-5/h4-5H,2-3H2,1H3,(H,11,12,13). The van der Waals surface area contributed by atoms with Crippen molar-refractivity contribution in [2.45, 2.75) is 29.1 Å². The van der Waals surface area contributed by atoms with E-state index in [1.807, 2.05) is 4.68 Å². The van der Waals surface area contributed by atoms with Gasteiger partial charge in [-0.2, -0.15) is 0 Å². The first kappa shape index (κ1) is 11.7. The molecule has 0 bridgehead atoms. The number of tetrazole rings is 1. The minimum Gasteiger partial charge on any atom is -0.357 e. The van der Waals surface area contributed by atoms with E-state index in [9.17, 15) is 0 Å². The van der Waals surface area contributed by atoms with Crippen LogP contribution in [0.2, 0.25) is 5.02 Å². The molecule has 3 rings (SSSR count). The largest absolute Gasteiger partial charge is 0.357 e. The highest BCUT2D eigenvalue weighted by Gasteiger charge is 2.28. The van der Waals surface area contributed by atoms with Gasteiger partial charge in [0.2, 0.25) is 11.1 Å². The lowest BCUT2D eigenvalue weighted by Gasteiger charge is -2.05. The highest BCUT2D eigenvalue weighted by molar-refractivity contribution is 7.99. The summed E-state index contributed by atoms with van der Waals surface area (Å²) >= 11 is 7.42. The smallest absolute Gasteiger partial charge is 0.223 e. The third-order valence-corrected chi connectivity index (χ3v) is 3.82. The SMILES string of the molecule is CNc1ncc(Cl)c(Sc2nnnn2C2CC2)n1. The summed E-state index contributed by atoms with van der Waals surface area (Å²) in [4.78, 5) is 8.32. The van der Waals surface area contributed by atoms with Gasteiger partial charge >= 0.3 is 0 Å². The monoisotopic (exact) mass is 283 g/mol. The van der Waals surface area contributed by atoms with Crippen LogP contribution in [0.4, 0.5) is 5.95 Å². The molecule has 2 aromatic heterocycles. The fourth-order valence-corrected chi connectivity index (χ4v) is 2.45. The van der Waals surface area contributed by atoms with E-state index in [2.05, 4.69) is 30.8 Å². The van der Waals surface area contributed by atoms with Gasteiger partial charge in [-0.25, -0.2) is 14.6 Å². The van der Waals surface area contributed by atoms with Gasteiger partial charge < -0.3 is 5.32 Å². The molecule has 0 amide bonds. The second kappa shape index (κ2) is 4.69. The van der Waals surface area contributed by atoms with Crippen LogP contribution in [-0.4, -0.2) is 37.2 Å². The average Bonchev–Trinajstić information content (AvgIpc) is 3.13. The van der Waals surface area contributed by atoms with Gasteiger partial charge in [0.25, 0.3) is 0 Å². The summed E-state index contributed by atoms with van der Waals surface area (Å²) in [7, 11) is 1.76. The zero-order chi connectivity index (χ0) is 12.5. The van der Waals surface area contributed by atoms with Crippen LogP contribution >= 0.6 is 23.4 Å². The van der Waals surface area contributed by atoms with Crippen LogP contribution in [0.3, 0.4) is 0 Å². The predicted molar refractivity (Wildman–Crippen MR) is 66.8 cm³/mol. The van der Waals surface area contributed by atoms with Crippen molar-refractivity contribution >= 4 is 29.3 Å². The van der Waals surface area contributed by atoms with Crippen molar-refractivity contribution in [3.8, 4) is 0 Å². The third kappa shape index (κ3) is 2.25. The van der Waals surface area contributed by atoms with E-state index in [-0.39, 0.29) is 0 Å². The molecule has 18 heavy (non-hydrogen) atoms. The Morgan fingerprint density at radius 1 is 1.50 bits per heavy atom. The Labute approximate surface area is 112 Å². The van der Waals surface area contributed by atoms with Crippen LogP contribution in [-0.2, 0) is 0 Å². The summed E-state index contributed by atoms with van der Waals surface area (Å²) in [5.74, 6) is 0.521. The molecule has 9 heteroatoms. The summed E-state index contributed by atoms with van der Waals surface area (Å²) < 4.78 is 1.82. The first-order valence-electron chi connectivity index (χ1n) is 5.44. The minimum atomic E-state index is 0.423. The Kier molecular flexibility index (Phi) is 3.04. The molecule has 1 aliphatic rings. The summed E-state index contributed by atoms with van der Waals surface area (Å²) in [6.07, 6.45) is 3.81. The Hall–Kier alpha value is -1.41. The van der Waals surface area contributed by atoms with Crippen molar-refractivity contribution in [1.29, 1.82) is 0 Å². The van der Waals surface area contributed by atoms with Crippen LogP contribution in [0.25, 0.3) is 0 Å². The molecule has 1 N–H and O–H groups in total. The number of nitrogens with one attached hydrogen (secondary N) is 1. The van der Waals surface area contributed by atoms with E-state index in [0.29, 0.717) is 27.2 Å². The molecule has 0 radical (unpaired) electrons. The van der Waals surface area contributed by atoms with Crippen LogP contribution in [0.15, 0.2) is 16.4 Å². The molecule has 0 aromatic carbocycles. The highest BCUT2D eigenvalue weighted by Crippen LogP contribution is 2.38. The molecule has 2 aromatic rings. The first-order valence-corrected chi connectivity index (χ1v) is 6.63. The molecule has 0 atom stereocenters. The molecule has 94 valence electrons. The fourth-order valence-electron chi connectivity index (χ4n) is 1.43. The van der Waals surface area contributed by atoms with Crippen LogP contribution < -0.4 is 5.32 Å². The summed E-state index contributed by atoms with van der Waals surface area (Å²) in [5, 5.41) is 16.4. The Morgan fingerprint density at radius 2 is 2.33 bits per heavy atom. The quantitative estimate of drug-likeness (QED) is 0.854. The molecular formula is C9H10ClN7S. The van der Waals surface area contributed by atoms with Crippen LogP contribution in [0.5, 0.6) is 0 Å². The van der Waals surface area contributed by atoms with Gasteiger partial charge in [0, 0.05) is 7.05 Å². The molecule has 0 aliphatic heterocycles. The van der Waals surface area contributed by atoms with Gasteiger partial charge in [-0.1, -0.05) is 11.6 Å². The van der Waals surface area contributed by atoms with Gasteiger partial charge in [0.1, 0.15) is 5.03 Å². The molecule has 0 spiro atoms. The van der Waals surface area contributed by atoms with E-state index >= 15 is 0 Å². The minimum absolute atomic E-state index is 0.423. The lowest BCUT2D eigenvalue weighted by atomic mass is 10.6. The number of aromatic nitrogens is 6. The molecule has 2 heterocycles. The summed E-state index contributed by atoms with van der Waals surface area (Å²) in [5.41, 5.74) is 0. The summed E-state index contributed by atoms with van der Waals surface area (Å²) in [6, 6.07) is 0.423. The Balaban J connectivity index is 1.89. The van der Waals surface area contributed by atoms with Crippen molar-refractivity contribution < 1.29 is 0 Å². The fraction of sp³-hybridized carbons (Fsp3) is 0.444. The normalized spacial score (nSPS) is 14.8. The van der Waals surface area contributed by atoms with Crippen molar-refractivity contribution in [3.63, 3.8) is 0 Å². The number of hydrogen-bond donors (Lipinski definition) is 1. The van der Waals surface area contributed by atoms with Crippen molar-refractivity contribution in [2.24, 2.45) is 0 Å². The third-order valence-electron chi connectivity index (χ3n) is 2.48. The Bertz CT molecular complexity index is 568. The number of rotatable bonds is 4. The molecule has 0 saturated heterocycles. The van der Waals surface area contributed by atoms with Gasteiger partial charge in [-0.15, -0.1) is 5.10 Å². The van der Waals surface area contributed by atoms with Crippen molar-refractivity contribution in [2.75, 3.05) is 12.4 Å². The maximum absolute atomic E-state index is 6.07. The van der Waals surface area contributed by atoms with Gasteiger partial charge in [0.15, 0.2) is 0 Å². The van der Waals surface area contributed by atoms with Crippen LogP contribution in [0, 0.1) is 0 Å². The topological polar surface area (TPSA) is 81.4 Å². The van der Waals surface area contributed by atoms with E-state index in [4.69, 9.17) is 11.6 Å². The number of anilines is 1. The maximum atomic E-state index is 6.07. The van der Waals surface area contributed by atoms with Crippen molar-refractivity contribution in [1.82, 2.24) is 30.2 Å². The van der Waals surface area contributed by atoms with Crippen molar-refractivity contribution in [3.05, 3.63) is 11.2 Å². The number of nitrogens with zero attached hydrogens (tertiary/aromatic N) is 6. The van der Waals surface area contributed by atoms with Gasteiger partial charge in [-0.05, 0) is 35.0 Å². The zero-order valence-electron chi connectivity index (χ0n) is 9.54. The second-order valence-electron chi connectivity index (χ2n) is 3.84. The molecule has 1 fully saturated rings. The molecule has 1 aliphatic carbocycles. The zero-order valence-corrected chi connectivity index (χ0v) is 11.1. The number of hydrogen-bond acceptors (Lipinski definition) is 7. The van der Waals surface area contributed by atoms with E-state index in [1.54, 1.807) is 13.2 Å². The molecule has 0 unspecified atom stereocenters. The number of halogens is 1. The van der Waals surface area contributed by atoms with Gasteiger partial charge in [-0.3, -0.25) is 0 Å². The van der Waals surface area contributed by atoms with Crippen LogP contribution in [0.1, 0.15) is 18.9 Å². The molecule has 1 saturated carbocycles. The highest BCUT2D eigenvalue weighted by atomic mass is 35.5. The van der Waals surface area contributed by atoms with E-state index in [1.165, 1.54) is 11.8 Å². The lowest BCUT2D eigenvalue weighted by molar-refractivity contribution is 0.565. The first-order chi connectivity index (χ1) is 8.78. The van der Waals surface area contributed by atoms with E-state index < -0.39 is 0 Å². The molecule has 7 nitrogen and oxygen atoms in total. The lowest BCUT2D eigenvalue weighted by Crippen LogP contribution is -2.00. The van der Waals surface area contributed by atoms with Gasteiger partial charge in [0.05, 0.1) is 17.3 Å².